The minimum Gasteiger partial charge on any atom is -0.460 e. The van der Waals surface area contributed by atoms with E-state index in [1.807, 2.05) is 0 Å². The van der Waals surface area contributed by atoms with Crippen molar-refractivity contribution >= 4 is 11.9 Å². The second-order valence-electron chi connectivity index (χ2n) is 6.26. The van der Waals surface area contributed by atoms with Crippen LogP contribution in [0.3, 0.4) is 0 Å². The number of unbranched alkanes of at least 4 members (excludes halogenated alkanes) is 4. The van der Waals surface area contributed by atoms with Crippen LogP contribution in [0.5, 0.6) is 0 Å². The van der Waals surface area contributed by atoms with Crippen molar-refractivity contribution in [2.75, 3.05) is 19.8 Å². The lowest BCUT2D eigenvalue weighted by atomic mass is 10.0. The summed E-state index contributed by atoms with van der Waals surface area (Å²) in [7, 11) is 0. The number of aliphatic hydroxyl groups excluding tert-OH is 6. The molecule has 0 spiro atoms. The molecule has 0 aliphatic heterocycles. The fourth-order valence-electron chi connectivity index (χ4n) is 2.16. The van der Waals surface area contributed by atoms with Gasteiger partial charge in [-0.05, 0) is 6.42 Å². The van der Waals surface area contributed by atoms with Crippen LogP contribution in [0.4, 0.5) is 0 Å². The summed E-state index contributed by atoms with van der Waals surface area (Å²) in [5.74, 6) is -1.90. The number of esters is 2. The predicted octanol–water partition coefficient (Wildman–Crippen LogP) is -1.77. The molecule has 0 bridgehead atoms. The molecule has 0 aromatic rings. The lowest BCUT2D eigenvalue weighted by Crippen LogP contribution is -2.49. The number of carbonyl (C=O) groups is 2. The summed E-state index contributed by atoms with van der Waals surface area (Å²) in [5, 5.41) is 55.7. The van der Waals surface area contributed by atoms with Gasteiger partial charge in [0.2, 0.25) is 0 Å². The fraction of sp³-hybridized carbons (Fsp3) is 0.882. The molecule has 0 aromatic carbocycles. The second kappa shape index (κ2) is 14.7. The maximum absolute atomic E-state index is 11.7. The van der Waals surface area contributed by atoms with Crippen molar-refractivity contribution in [3.63, 3.8) is 0 Å². The van der Waals surface area contributed by atoms with E-state index in [0.717, 1.165) is 25.7 Å². The van der Waals surface area contributed by atoms with E-state index in [-0.39, 0.29) is 6.42 Å². The molecule has 0 rings (SSSR count). The van der Waals surface area contributed by atoms with Crippen LogP contribution in [-0.4, -0.2) is 92.9 Å². The molecule has 0 aromatic heterocycles. The van der Waals surface area contributed by atoms with Crippen LogP contribution in [0.1, 0.15) is 45.4 Å². The van der Waals surface area contributed by atoms with E-state index in [1.165, 1.54) is 0 Å². The largest absolute Gasteiger partial charge is 0.460 e. The van der Waals surface area contributed by atoms with Crippen molar-refractivity contribution in [2.24, 2.45) is 0 Å². The zero-order chi connectivity index (χ0) is 20.8. The lowest BCUT2D eigenvalue weighted by Gasteiger charge is -2.25. The van der Waals surface area contributed by atoms with Gasteiger partial charge < -0.3 is 40.1 Å². The molecular formula is C17H32O10. The SMILES string of the molecule is CCCCCCCC(=O)OC(CO)COC(=O)C(O)C(O)C(O)C(O)CO. The normalized spacial score (nSPS) is 16.9. The highest BCUT2D eigenvalue weighted by molar-refractivity contribution is 5.75. The topological polar surface area (TPSA) is 174 Å². The number of ether oxygens (including phenoxy) is 2. The molecule has 5 atom stereocenters. The summed E-state index contributed by atoms with van der Waals surface area (Å²) in [6, 6.07) is 0. The molecule has 0 amide bonds. The van der Waals surface area contributed by atoms with Crippen molar-refractivity contribution in [3.8, 4) is 0 Å². The Kier molecular flexibility index (Phi) is 14.0. The summed E-state index contributed by atoms with van der Waals surface area (Å²) in [4.78, 5) is 23.4. The molecule has 0 aliphatic carbocycles. The van der Waals surface area contributed by atoms with Crippen LogP contribution in [0.2, 0.25) is 0 Å². The molecule has 10 nitrogen and oxygen atoms in total. The summed E-state index contributed by atoms with van der Waals surface area (Å²) < 4.78 is 9.63. The summed E-state index contributed by atoms with van der Waals surface area (Å²) in [6.07, 6.45) is -4.28. The van der Waals surface area contributed by atoms with Gasteiger partial charge in [-0.3, -0.25) is 4.79 Å². The van der Waals surface area contributed by atoms with Crippen LogP contribution in [0, 0.1) is 0 Å². The molecule has 0 fully saturated rings. The first kappa shape index (κ1) is 25.7. The predicted molar refractivity (Wildman–Crippen MR) is 92.4 cm³/mol. The van der Waals surface area contributed by atoms with E-state index < -0.39 is 62.3 Å². The third kappa shape index (κ3) is 10.6. The van der Waals surface area contributed by atoms with Crippen LogP contribution in [0.15, 0.2) is 0 Å². The van der Waals surface area contributed by atoms with E-state index in [4.69, 9.17) is 9.84 Å². The number of rotatable bonds is 15. The van der Waals surface area contributed by atoms with Gasteiger partial charge in [0, 0.05) is 6.42 Å². The van der Waals surface area contributed by atoms with Crippen molar-refractivity contribution in [1.82, 2.24) is 0 Å². The van der Waals surface area contributed by atoms with Gasteiger partial charge in [0.1, 0.15) is 24.9 Å². The molecule has 0 radical (unpaired) electrons. The molecule has 160 valence electrons. The molecule has 0 saturated carbocycles. The molecule has 27 heavy (non-hydrogen) atoms. The standard InChI is InChI=1S/C17H32O10/c1-2-3-4-5-6-7-13(21)27-11(8-18)10-26-17(25)16(24)15(23)14(22)12(20)9-19/h11-12,14-16,18-20,22-24H,2-10H2,1H3. The minimum absolute atomic E-state index is 0.167. The zero-order valence-electron chi connectivity index (χ0n) is 15.6. The van der Waals surface area contributed by atoms with Crippen LogP contribution in [-0.2, 0) is 19.1 Å². The van der Waals surface area contributed by atoms with E-state index in [9.17, 15) is 35.1 Å². The minimum atomic E-state index is -2.20. The Labute approximate surface area is 158 Å². The number of carbonyl (C=O) groups excluding carboxylic acids is 2. The Morgan fingerprint density at radius 1 is 0.889 bits per heavy atom. The molecule has 6 N–H and O–H groups in total. The average molecular weight is 396 g/mol. The van der Waals surface area contributed by atoms with Crippen LogP contribution >= 0.6 is 0 Å². The van der Waals surface area contributed by atoms with Crippen LogP contribution in [0.25, 0.3) is 0 Å². The molecule has 0 aliphatic rings. The molecule has 0 saturated heterocycles. The lowest BCUT2D eigenvalue weighted by molar-refractivity contribution is -0.177. The number of hydrogen-bond donors (Lipinski definition) is 6. The summed E-state index contributed by atoms with van der Waals surface area (Å²) in [5.41, 5.74) is 0. The Morgan fingerprint density at radius 2 is 1.52 bits per heavy atom. The van der Waals surface area contributed by atoms with E-state index in [1.54, 1.807) is 0 Å². The molecule has 10 heteroatoms. The first-order valence-electron chi connectivity index (χ1n) is 9.08. The van der Waals surface area contributed by atoms with E-state index in [2.05, 4.69) is 11.7 Å². The highest BCUT2D eigenvalue weighted by Crippen LogP contribution is 2.09. The number of hydrogen-bond acceptors (Lipinski definition) is 10. The molecule has 5 unspecified atom stereocenters. The van der Waals surface area contributed by atoms with Crippen LogP contribution < -0.4 is 0 Å². The molecule has 0 heterocycles. The van der Waals surface area contributed by atoms with Crippen molar-refractivity contribution in [2.45, 2.75) is 76.0 Å². The zero-order valence-corrected chi connectivity index (χ0v) is 15.6. The van der Waals surface area contributed by atoms with Gasteiger partial charge >= 0.3 is 11.9 Å². The van der Waals surface area contributed by atoms with Gasteiger partial charge in [-0.1, -0.05) is 32.6 Å². The van der Waals surface area contributed by atoms with Gasteiger partial charge in [-0.15, -0.1) is 0 Å². The fourth-order valence-corrected chi connectivity index (χ4v) is 2.16. The second-order valence-corrected chi connectivity index (χ2v) is 6.26. The van der Waals surface area contributed by atoms with Crippen molar-refractivity contribution in [3.05, 3.63) is 0 Å². The average Bonchev–Trinajstić information content (AvgIpc) is 2.68. The maximum atomic E-state index is 11.7. The Balaban J connectivity index is 4.28. The van der Waals surface area contributed by atoms with Gasteiger partial charge in [-0.2, -0.15) is 0 Å². The highest BCUT2D eigenvalue weighted by atomic mass is 16.6. The van der Waals surface area contributed by atoms with E-state index >= 15 is 0 Å². The number of aliphatic hydroxyl groups is 6. The monoisotopic (exact) mass is 396 g/mol. The maximum Gasteiger partial charge on any atom is 0.337 e. The van der Waals surface area contributed by atoms with Gasteiger partial charge in [0.15, 0.2) is 12.2 Å². The Bertz CT molecular complexity index is 417. The first-order valence-corrected chi connectivity index (χ1v) is 9.08. The Hall–Kier alpha value is -1.30. The summed E-state index contributed by atoms with van der Waals surface area (Å²) in [6.45, 7) is 0.0203. The summed E-state index contributed by atoms with van der Waals surface area (Å²) >= 11 is 0. The van der Waals surface area contributed by atoms with Gasteiger partial charge in [0.25, 0.3) is 0 Å². The van der Waals surface area contributed by atoms with Gasteiger partial charge in [0.05, 0.1) is 13.2 Å². The third-order valence-electron chi connectivity index (χ3n) is 3.89. The smallest absolute Gasteiger partial charge is 0.337 e. The van der Waals surface area contributed by atoms with Crippen molar-refractivity contribution in [1.29, 1.82) is 0 Å². The van der Waals surface area contributed by atoms with Gasteiger partial charge in [-0.25, -0.2) is 4.79 Å². The van der Waals surface area contributed by atoms with Crippen molar-refractivity contribution < 1.29 is 49.7 Å². The molecular weight excluding hydrogens is 364 g/mol. The third-order valence-corrected chi connectivity index (χ3v) is 3.89. The first-order chi connectivity index (χ1) is 12.8. The Morgan fingerprint density at radius 3 is 2.07 bits per heavy atom. The highest BCUT2D eigenvalue weighted by Gasteiger charge is 2.35. The van der Waals surface area contributed by atoms with E-state index in [0.29, 0.717) is 6.42 Å². The quantitative estimate of drug-likeness (QED) is 0.137.